The lowest BCUT2D eigenvalue weighted by Gasteiger charge is -2.23. The highest BCUT2D eigenvalue weighted by atomic mass is 16.4. The molecule has 4 heteroatoms. The van der Waals surface area contributed by atoms with Crippen LogP contribution in [0.25, 0.3) is 0 Å². The van der Waals surface area contributed by atoms with Gasteiger partial charge in [-0.05, 0) is 43.2 Å². The highest BCUT2D eigenvalue weighted by Crippen LogP contribution is 2.24. The number of hydrogen-bond acceptors (Lipinski definition) is 3. The molecule has 1 aliphatic heterocycles. The molecule has 0 spiro atoms. The molecule has 0 aromatic carbocycles. The molecule has 20 heavy (non-hydrogen) atoms. The molecule has 1 aliphatic rings. The van der Waals surface area contributed by atoms with Crippen LogP contribution in [0.3, 0.4) is 0 Å². The lowest BCUT2D eigenvalue weighted by atomic mass is 10.0. The standard InChI is InChI=1S/C16H24N2O2/c1-11(2)14-9-13(16(19)20)10-15(17-14)18-7-4-5-12(3)6-8-18/h9-12H,4-8H2,1-3H3,(H,19,20). The molecule has 0 amide bonds. The van der Waals surface area contributed by atoms with Crippen molar-refractivity contribution in [3.8, 4) is 0 Å². The molecule has 0 radical (unpaired) electrons. The molecule has 1 unspecified atom stereocenters. The van der Waals surface area contributed by atoms with Gasteiger partial charge < -0.3 is 10.0 Å². The summed E-state index contributed by atoms with van der Waals surface area (Å²) in [6, 6.07) is 3.40. The molecule has 1 aromatic rings. The molecule has 0 aliphatic carbocycles. The van der Waals surface area contributed by atoms with E-state index in [0.717, 1.165) is 43.4 Å². The predicted octanol–water partition coefficient (Wildman–Crippen LogP) is 3.53. The number of hydrogen-bond donors (Lipinski definition) is 1. The van der Waals surface area contributed by atoms with Gasteiger partial charge in [-0.3, -0.25) is 0 Å². The number of carbonyl (C=O) groups is 1. The van der Waals surface area contributed by atoms with Crippen LogP contribution < -0.4 is 4.90 Å². The summed E-state index contributed by atoms with van der Waals surface area (Å²) in [5.74, 6) is 0.924. The van der Waals surface area contributed by atoms with Gasteiger partial charge in [-0.2, -0.15) is 0 Å². The van der Waals surface area contributed by atoms with Crippen LogP contribution in [0.2, 0.25) is 0 Å². The minimum absolute atomic E-state index is 0.235. The SMILES string of the molecule is CC1CCCN(c2cc(C(=O)O)cc(C(C)C)n2)CC1. The fourth-order valence-corrected chi connectivity index (χ4v) is 2.61. The average molecular weight is 276 g/mol. The van der Waals surface area contributed by atoms with E-state index in [1.54, 1.807) is 12.1 Å². The molecule has 4 nitrogen and oxygen atoms in total. The summed E-state index contributed by atoms with van der Waals surface area (Å²) in [4.78, 5) is 18.2. The number of nitrogens with zero attached hydrogens (tertiary/aromatic N) is 2. The average Bonchev–Trinajstić information content (AvgIpc) is 2.63. The number of carboxylic acid groups (broad SMARTS) is 1. The van der Waals surface area contributed by atoms with Crippen molar-refractivity contribution in [1.29, 1.82) is 0 Å². The van der Waals surface area contributed by atoms with Crippen LogP contribution in [-0.2, 0) is 0 Å². The van der Waals surface area contributed by atoms with Crippen molar-refractivity contribution in [1.82, 2.24) is 4.98 Å². The first-order valence-electron chi connectivity index (χ1n) is 7.47. The van der Waals surface area contributed by atoms with Crippen molar-refractivity contribution in [3.05, 3.63) is 23.4 Å². The van der Waals surface area contributed by atoms with E-state index in [9.17, 15) is 9.90 Å². The Hall–Kier alpha value is -1.58. The van der Waals surface area contributed by atoms with Crippen LogP contribution in [0.15, 0.2) is 12.1 Å². The zero-order valence-corrected chi connectivity index (χ0v) is 12.6. The first-order chi connectivity index (χ1) is 9.47. The molecule has 2 rings (SSSR count). The molecule has 1 saturated heterocycles. The van der Waals surface area contributed by atoms with Crippen molar-refractivity contribution >= 4 is 11.8 Å². The largest absolute Gasteiger partial charge is 0.478 e. The van der Waals surface area contributed by atoms with Gasteiger partial charge in [0.15, 0.2) is 0 Å². The molecule has 1 N–H and O–H groups in total. The molecule has 2 heterocycles. The number of pyridine rings is 1. The Labute approximate surface area is 120 Å². The minimum atomic E-state index is -0.876. The van der Waals surface area contributed by atoms with E-state index in [-0.39, 0.29) is 5.92 Å². The van der Waals surface area contributed by atoms with Crippen molar-refractivity contribution < 1.29 is 9.90 Å². The zero-order valence-electron chi connectivity index (χ0n) is 12.6. The first-order valence-corrected chi connectivity index (χ1v) is 7.47. The summed E-state index contributed by atoms with van der Waals surface area (Å²) >= 11 is 0. The third kappa shape index (κ3) is 3.50. The van der Waals surface area contributed by atoms with Gasteiger partial charge in [0, 0.05) is 18.8 Å². The Morgan fingerprint density at radius 3 is 2.75 bits per heavy atom. The molecule has 1 aromatic heterocycles. The van der Waals surface area contributed by atoms with Gasteiger partial charge >= 0.3 is 5.97 Å². The van der Waals surface area contributed by atoms with Crippen molar-refractivity contribution in [3.63, 3.8) is 0 Å². The number of carboxylic acids is 1. The lowest BCUT2D eigenvalue weighted by Crippen LogP contribution is -2.26. The summed E-state index contributed by atoms with van der Waals surface area (Å²) in [5, 5.41) is 9.27. The van der Waals surface area contributed by atoms with Gasteiger partial charge in [-0.25, -0.2) is 9.78 Å². The zero-order chi connectivity index (χ0) is 14.7. The van der Waals surface area contributed by atoms with Gasteiger partial charge in [0.25, 0.3) is 0 Å². The second kappa shape index (κ2) is 6.25. The van der Waals surface area contributed by atoms with Crippen LogP contribution in [0.4, 0.5) is 5.82 Å². The van der Waals surface area contributed by atoms with Crippen LogP contribution in [0.1, 0.15) is 62.0 Å². The maximum Gasteiger partial charge on any atom is 0.335 e. The van der Waals surface area contributed by atoms with Gasteiger partial charge in [0.1, 0.15) is 5.82 Å². The Balaban J connectivity index is 2.32. The second-order valence-electron chi connectivity index (χ2n) is 6.12. The third-order valence-electron chi connectivity index (χ3n) is 4.01. The summed E-state index contributed by atoms with van der Waals surface area (Å²) in [5.41, 5.74) is 1.20. The Bertz CT molecular complexity index is 485. The smallest absolute Gasteiger partial charge is 0.335 e. The first kappa shape index (κ1) is 14.8. The Kier molecular flexibility index (Phi) is 4.63. The third-order valence-corrected chi connectivity index (χ3v) is 4.01. The fourth-order valence-electron chi connectivity index (χ4n) is 2.61. The molecule has 110 valence electrons. The number of aromatic nitrogens is 1. The van der Waals surface area contributed by atoms with E-state index < -0.39 is 5.97 Å². The maximum atomic E-state index is 11.3. The van der Waals surface area contributed by atoms with E-state index in [4.69, 9.17) is 0 Å². The summed E-state index contributed by atoms with van der Waals surface area (Å²) in [6.07, 6.45) is 3.54. The van der Waals surface area contributed by atoms with Crippen molar-refractivity contribution in [2.45, 2.75) is 46.0 Å². The Morgan fingerprint density at radius 1 is 1.35 bits per heavy atom. The van der Waals surface area contributed by atoms with E-state index in [1.165, 1.54) is 6.42 Å². The van der Waals surface area contributed by atoms with Crippen LogP contribution >= 0.6 is 0 Å². The molecule has 0 bridgehead atoms. The molecular formula is C16H24N2O2. The highest BCUT2D eigenvalue weighted by molar-refractivity contribution is 5.88. The van der Waals surface area contributed by atoms with Gasteiger partial charge in [-0.15, -0.1) is 0 Å². The van der Waals surface area contributed by atoms with Gasteiger partial charge in [-0.1, -0.05) is 20.8 Å². The number of aromatic carboxylic acids is 1. The van der Waals surface area contributed by atoms with Crippen LogP contribution in [0, 0.1) is 5.92 Å². The highest BCUT2D eigenvalue weighted by Gasteiger charge is 2.18. The van der Waals surface area contributed by atoms with Crippen LogP contribution in [0.5, 0.6) is 0 Å². The summed E-state index contributed by atoms with van der Waals surface area (Å²) < 4.78 is 0. The molecular weight excluding hydrogens is 252 g/mol. The maximum absolute atomic E-state index is 11.3. The lowest BCUT2D eigenvalue weighted by molar-refractivity contribution is 0.0696. The Morgan fingerprint density at radius 2 is 2.10 bits per heavy atom. The topological polar surface area (TPSA) is 53.4 Å². The van der Waals surface area contributed by atoms with Crippen molar-refractivity contribution in [2.75, 3.05) is 18.0 Å². The molecule has 0 saturated carbocycles. The van der Waals surface area contributed by atoms with Crippen molar-refractivity contribution in [2.24, 2.45) is 5.92 Å². The minimum Gasteiger partial charge on any atom is -0.478 e. The normalized spacial score (nSPS) is 20.0. The van der Waals surface area contributed by atoms with E-state index in [0.29, 0.717) is 5.56 Å². The van der Waals surface area contributed by atoms with Gasteiger partial charge in [0.05, 0.1) is 5.56 Å². The number of rotatable bonds is 3. The fraction of sp³-hybridized carbons (Fsp3) is 0.625. The molecule has 1 atom stereocenters. The summed E-state index contributed by atoms with van der Waals surface area (Å²) in [7, 11) is 0. The quantitative estimate of drug-likeness (QED) is 0.917. The van der Waals surface area contributed by atoms with E-state index >= 15 is 0 Å². The second-order valence-corrected chi connectivity index (χ2v) is 6.12. The van der Waals surface area contributed by atoms with E-state index in [2.05, 4.69) is 16.8 Å². The van der Waals surface area contributed by atoms with Gasteiger partial charge in [0.2, 0.25) is 0 Å². The number of anilines is 1. The molecule has 1 fully saturated rings. The van der Waals surface area contributed by atoms with Crippen LogP contribution in [-0.4, -0.2) is 29.1 Å². The monoisotopic (exact) mass is 276 g/mol. The predicted molar refractivity (Wildman–Crippen MR) is 80.5 cm³/mol. The summed E-state index contributed by atoms with van der Waals surface area (Å²) in [6.45, 7) is 8.31. The van der Waals surface area contributed by atoms with E-state index in [1.807, 2.05) is 13.8 Å².